The fourth-order valence-electron chi connectivity index (χ4n) is 3.64. The minimum Gasteiger partial charge on any atom is -0.494 e. The van der Waals surface area contributed by atoms with Crippen LogP contribution in [-0.2, 0) is 0 Å². The summed E-state index contributed by atoms with van der Waals surface area (Å²) < 4.78 is 8.22. The van der Waals surface area contributed by atoms with Crippen molar-refractivity contribution in [3.05, 3.63) is 78.4 Å². The molecule has 154 valence electrons. The summed E-state index contributed by atoms with van der Waals surface area (Å²) >= 11 is 0. The van der Waals surface area contributed by atoms with E-state index in [-0.39, 0.29) is 6.61 Å². The zero-order valence-electron chi connectivity index (χ0n) is 17.4. The summed E-state index contributed by atoms with van der Waals surface area (Å²) in [6, 6.07) is 24.9. The lowest BCUT2D eigenvalue weighted by atomic mass is 10.2. The van der Waals surface area contributed by atoms with Crippen molar-refractivity contribution in [3.63, 3.8) is 0 Å². The van der Waals surface area contributed by atoms with Crippen LogP contribution < -0.4 is 4.74 Å². The van der Waals surface area contributed by atoms with E-state index in [4.69, 9.17) is 14.8 Å². The van der Waals surface area contributed by atoms with Gasteiger partial charge in [0.15, 0.2) is 0 Å². The highest BCUT2D eigenvalue weighted by molar-refractivity contribution is 5.84. The van der Waals surface area contributed by atoms with Crippen molar-refractivity contribution in [3.8, 4) is 22.8 Å². The Morgan fingerprint density at radius 2 is 1.63 bits per heavy atom. The van der Waals surface area contributed by atoms with Crippen molar-refractivity contribution in [1.82, 2.24) is 9.55 Å². The second-order valence-electron chi connectivity index (χ2n) is 7.61. The molecular weight excluding hydrogens is 372 g/mol. The molecule has 0 atom stereocenters. The van der Waals surface area contributed by atoms with Crippen LogP contribution in [0.15, 0.2) is 72.8 Å². The van der Waals surface area contributed by atoms with Gasteiger partial charge in [0.2, 0.25) is 0 Å². The van der Waals surface area contributed by atoms with Crippen molar-refractivity contribution >= 4 is 11.0 Å². The van der Waals surface area contributed by atoms with Crippen LogP contribution >= 0.6 is 0 Å². The van der Waals surface area contributed by atoms with Gasteiger partial charge < -0.3 is 9.84 Å². The maximum atomic E-state index is 8.88. The third kappa shape index (κ3) is 4.55. The maximum Gasteiger partial charge on any atom is 0.145 e. The van der Waals surface area contributed by atoms with Crippen molar-refractivity contribution < 1.29 is 9.84 Å². The van der Waals surface area contributed by atoms with E-state index < -0.39 is 0 Å². The van der Waals surface area contributed by atoms with E-state index in [1.54, 1.807) is 0 Å². The molecule has 0 aliphatic carbocycles. The zero-order valence-corrected chi connectivity index (χ0v) is 17.4. The monoisotopic (exact) mass is 400 g/mol. The van der Waals surface area contributed by atoms with Crippen LogP contribution in [0.1, 0.15) is 31.2 Å². The molecule has 0 saturated carbocycles. The molecule has 1 heterocycles. The molecule has 0 fully saturated rings. The molecule has 0 aliphatic rings. The Balaban J connectivity index is 1.68. The molecule has 0 aliphatic heterocycles. The topological polar surface area (TPSA) is 47.3 Å². The highest BCUT2D eigenvalue weighted by Crippen LogP contribution is 2.31. The van der Waals surface area contributed by atoms with Gasteiger partial charge in [-0.2, -0.15) is 0 Å². The Morgan fingerprint density at radius 3 is 2.40 bits per heavy atom. The van der Waals surface area contributed by atoms with E-state index in [1.807, 2.05) is 30.3 Å². The lowest BCUT2D eigenvalue weighted by Crippen LogP contribution is -1.99. The average Bonchev–Trinajstić information content (AvgIpc) is 3.16. The lowest BCUT2D eigenvalue weighted by molar-refractivity contribution is 0.273. The van der Waals surface area contributed by atoms with Gasteiger partial charge in [0, 0.05) is 23.9 Å². The van der Waals surface area contributed by atoms with E-state index in [1.165, 1.54) is 5.56 Å². The SMILES string of the molecule is Cc1ccc(-n2c(-c3ccccc3)nc3ccc(OCCCCCCO)cc32)cc1. The molecule has 4 rings (SSSR count). The summed E-state index contributed by atoms with van der Waals surface area (Å²) in [6.07, 6.45) is 3.97. The number of aromatic nitrogens is 2. The summed E-state index contributed by atoms with van der Waals surface area (Å²) in [7, 11) is 0. The number of aliphatic hydroxyl groups excluding tert-OH is 1. The molecule has 1 N–H and O–H groups in total. The van der Waals surface area contributed by atoms with Crippen LogP contribution in [0.4, 0.5) is 0 Å². The normalized spacial score (nSPS) is 11.1. The van der Waals surface area contributed by atoms with E-state index in [2.05, 4.69) is 54.0 Å². The zero-order chi connectivity index (χ0) is 20.8. The Morgan fingerprint density at radius 1 is 0.867 bits per heavy atom. The standard InChI is InChI=1S/C26H28N2O2/c1-20-11-13-22(14-12-20)28-25-19-23(30-18-8-3-2-7-17-29)15-16-24(25)27-26(28)21-9-5-4-6-10-21/h4-6,9-16,19,29H,2-3,7-8,17-18H2,1H3. The van der Waals surface area contributed by atoms with Gasteiger partial charge in [-0.25, -0.2) is 4.98 Å². The number of unbranched alkanes of at least 4 members (excludes halogenated alkanes) is 3. The van der Waals surface area contributed by atoms with Gasteiger partial charge in [-0.15, -0.1) is 0 Å². The molecule has 0 unspecified atom stereocenters. The molecule has 30 heavy (non-hydrogen) atoms. The Bertz CT molecular complexity index is 1090. The second-order valence-corrected chi connectivity index (χ2v) is 7.61. The number of hydrogen-bond donors (Lipinski definition) is 1. The highest BCUT2D eigenvalue weighted by Gasteiger charge is 2.15. The van der Waals surface area contributed by atoms with Crippen molar-refractivity contribution in [2.45, 2.75) is 32.6 Å². The summed E-state index contributed by atoms with van der Waals surface area (Å²) in [5.41, 5.74) is 5.39. The minimum absolute atomic E-state index is 0.268. The van der Waals surface area contributed by atoms with E-state index in [0.717, 1.165) is 59.5 Å². The third-order valence-corrected chi connectivity index (χ3v) is 5.27. The number of benzene rings is 3. The lowest BCUT2D eigenvalue weighted by Gasteiger charge is -2.11. The summed E-state index contributed by atoms with van der Waals surface area (Å²) in [5, 5.41) is 8.88. The number of imidazole rings is 1. The molecule has 1 aromatic heterocycles. The van der Waals surface area contributed by atoms with Gasteiger partial charge in [-0.1, -0.05) is 54.4 Å². The van der Waals surface area contributed by atoms with Crippen LogP contribution in [0.2, 0.25) is 0 Å². The number of rotatable bonds is 9. The molecule has 3 aromatic carbocycles. The second kappa shape index (κ2) is 9.59. The number of ether oxygens (including phenoxy) is 1. The number of aryl methyl sites for hydroxylation is 1. The first-order valence-electron chi connectivity index (χ1n) is 10.6. The van der Waals surface area contributed by atoms with Crippen LogP contribution in [0, 0.1) is 6.92 Å². The maximum absolute atomic E-state index is 8.88. The third-order valence-electron chi connectivity index (χ3n) is 5.27. The number of nitrogens with zero attached hydrogens (tertiary/aromatic N) is 2. The molecule has 0 bridgehead atoms. The molecule has 0 radical (unpaired) electrons. The van der Waals surface area contributed by atoms with Crippen LogP contribution in [0.5, 0.6) is 5.75 Å². The Kier molecular flexibility index (Phi) is 6.45. The Labute approximate surface area is 177 Å². The molecule has 0 spiro atoms. The molecule has 0 saturated heterocycles. The van der Waals surface area contributed by atoms with Crippen molar-refractivity contribution in [2.24, 2.45) is 0 Å². The first-order valence-corrected chi connectivity index (χ1v) is 10.6. The van der Waals surface area contributed by atoms with Crippen LogP contribution in [0.3, 0.4) is 0 Å². The molecule has 0 amide bonds. The summed E-state index contributed by atoms with van der Waals surface area (Å²) in [4.78, 5) is 4.94. The summed E-state index contributed by atoms with van der Waals surface area (Å²) in [6.45, 7) is 3.05. The molecule has 4 heteroatoms. The Hall–Kier alpha value is -3.11. The average molecular weight is 401 g/mol. The molecular formula is C26H28N2O2. The van der Waals surface area contributed by atoms with Gasteiger partial charge in [0.1, 0.15) is 11.6 Å². The fraction of sp³-hybridized carbons (Fsp3) is 0.269. The predicted molar refractivity (Wildman–Crippen MR) is 122 cm³/mol. The van der Waals surface area contributed by atoms with E-state index >= 15 is 0 Å². The molecule has 4 nitrogen and oxygen atoms in total. The predicted octanol–water partition coefficient (Wildman–Crippen LogP) is 5.93. The van der Waals surface area contributed by atoms with Gasteiger partial charge in [-0.05, 0) is 50.5 Å². The van der Waals surface area contributed by atoms with Gasteiger partial charge in [0.25, 0.3) is 0 Å². The first kappa shape index (κ1) is 20.2. The fourth-order valence-corrected chi connectivity index (χ4v) is 3.64. The van der Waals surface area contributed by atoms with Crippen LogP contribution in [0.25, 0.3) is 28.1 Å². The quantitative estimate of drug-likeness (QED) is 0.354. The van der Waals surface area contributed by atoms with Gasteiger partial charge >= 0.3 is 0 Å². The summed E-state index contributed by atoms with van der Waals surface area (Å²) in [5.74, 6) is 1.79. The van der Waals surface area contributed by atoms with Crippen molar-refractivity contribution in [1.29, 1.82) is 0 Å². The largest absolute Gasteiger partial charge is 0.494 e. The highest BCUT2D eigenvalue weighted by atomic mass is 16.5. The number of fused-ring (bicyclic) bond motifs is 1. The molecule has 4 aromatic rings. The number of aliphatic hydroxyl groups is 1. The number of hydrogen-bond acceptors (Lipinski definition) is 3. The van der Waals surface area contributed by atoms with Crippen LogP contribution in [-0.4, -0.2) is 27.9 Å². The smallest absolute Gasteiger partial charge is 0.145 e. The van der Waals surface area contributed by atoms with E-state index in [0.29, 0.717) is 6.61 Å². The van der Waals surface area contributed by atoms with Crippen molar-refractivity contribution in [2.75, 3.05) is 13.2 Å². The minimum atomic E-state index is 0.268. The first-order chi connectivity index (χ1) is 14.8. The van der Waals surface area contributed by atoms with E-state index in [9.17, 15) is 0 Å². The van der Waals surface area contributed by atoms with Gasteiger partial charge in [0.05, 0.1) is 17.6 Å². The van der Waals surface area contributed by atoms with Gasteiger partial charge in [-0.3, -0.25) is 4.57 Å².